The van der Waals surface area contributed by atoms with E-state index in [4.69, 9.17) is 0 Å². The molecule has 0 fully saturated rings. The minimum absolute atomic E-state index is 0.182. The van der Waals surface area contributed by atoms with Crippen molar-refractivity contribution in [3.05, 3.63) is 20.8 Å². The Kier molecular flexibility index (Phi) is 4.42. The van der Waals surface area contributed by atoms with E-state index in [1.54, 1.807) is 11.3 Å². The van der Waals surface area contributed by atoms with E-state index in [1.807, 2.05) is 6.92 Å². The molecule has 1 nitrogen and oxygen atoms in total. The Morgan fingerprint density at radius 3 is 2.62 bits per heavy atom. The van der Waals surface area contributed by atoms with Gasteiger partial charge in [-0.05, 0) is 53.7 Å². The summed E-state index contributed by atoms with van der Waals surface area (Å²) in [4.78, 5) is 1.39. The number of rotatable bonds is 4. The molecule has 0 aromatic carbocycles. The molecule has 13 heavy (non-hydrogen) atoms. The highest BCUT2D eigenvalue weighted by molar-refractivity contribution is 9.11. The Balaban J connectivity index is 2.40. The number of aliphatic hydroxyl groups excluding tert-OH is 1. The van der Waals surface area contributed by atoms with Gasteiger partial charge in [-0.2, -0.15) is 0 Å². The average Bonchev–Trinajstić information content (AvgIpc) is 2.33. The van der Waals surface area contributed by atoms with E-state index in [-0.39, 0.29) is 6.10 Å². The van der Waals surface area contributed by atoms with E-state index < -0.39 is 0 Å². The quantitative estimate of drug-likeness (QED) is 0.882. The summed E-state index contributed by atoms with van der Waals surface area (Å²) in [7, 11) is 0. The van der Waals surface area contributed by atoms with Crippen LogP contribution in [0.15, 0.2) is 15.9 Å². The third kappa shape index (κ3) is 4.25. The highest BCUT2D eigenvalue weighted by Crippen LogP contribution is 2.25. The molecule has 1 aromatic rings. The van der Waals surface area contributed by atoms with Crippen LogP contribution in [0.5, 0.6) is 0 Å². The summed E-state index contributed by atoms with van der Waals surface area (Å²) in [5.74, 6) is 0.561. The number of hydrogen-bond donors (Lipinski definition) is 1. The minimum atomic E-state index is -0.182. The molecular weight excluding hydrogens is 248 g/mol. The first kappa shape index (κ1) is 11.2. The van der Waals surface area contributed by atoms with Crippen molar-refractivity contribution in [1.82, 2.24) is 0 Å². The standard InChI is InChI=1S/C10H15BrOS/c1-7(5-8(2)12)6-9-3-4-10(11)13-9/h3-4,7-8,12H,5-6H2,1-2H3. The van der Waals surface area contributed by atoms with Crippen LogP contribution in [0.25, 0.3) is 0 Å². The second kappa shape index (κ2) is 5.13. The largest absolute Gasteiger partial charge is 0.393 e. The van der Waals surface area contributed by atoms with Crippen LogP contribution in [0, 0.1) is 5.92 Å². The van der Waals surface area contributed by atoms with Crippen molar-refractivity contribution in [2.75, 3.05) is 0 Å². The molecule has 0 aliphatic rings. The Morgan fingerprint density at radius 2 is 2.15 bits per heavy atom. The zero-order valence-electron chi connectivity index (χ0n) is 7.96. The fourth-order valence-electron chi connectivity index (χ4n) is 1.47. The summed E-state index contributed by atoms with van der Waals surface area (Å²) in [6.45, 7) is 4.03. The maximum absolute atomic E-state index is 9.20. The van der Waals surface area contributed by atoms with Crippen molar-refractivity contribution in [1.29, 1.82) is 0 Å². The maximum atomic E-state index is 9.20. The van der Waals surface area contributed by atoms with E-state index in [0.717, 1.165) is 12.8 Å². The lowest BCUT2D eigenvalue weighted by atomic mass is 10.0. The second-order valence-electron chi connectivity index (χ2n) is 3.60. The molecule has 74 valence electrons. The van der Waals surface area contributed by atoms with Gasteiger partial charge in [-0.1, -0.05) is 6.92 Å². The van der Waals surface area contributed by atoms with Gasteiger partial charge in [0, 0.05) is 4.88 Å². The van der Waals surface area contributed by atoms with Crippen LogP contribution >= 0.6 is 27.3 Å². The van der Waals surface area contributed by atoms with Crippen molar-refractivity contribution in [2.24, 2.45) is 5.92 Å². The van der Waals surface area contributed by atoms with Crippen LogP contribution in [-0.2, 0) is 6.42 Å². The van der Waals surface area contributed by atoms with Crippen LogP contribution in [0.2, 0.25) is 0 Å². The van der Waals surface area contributed by atoms with Crippen LogP contribution in [0.3, 0.4) is 0 Å². The van der Waals surface area contributed by atoms with Crippen molar-refractivity contribution in [3.63, 3.8) is 0 Å². The summed E-state index contributed by atoms with van der Waals surface area (Å²) in [6, 6.07) is 4.22. The Morgan fingerprint density at radius 1 is 1.46 bits per heavy atom. The number of hydrogen-bond acceptors (Lipinski definition) is 2. The summed E-state index contributed by atoms with van der Waals surface area (Å²) >= 11 is 5.22. The Labute approximate surface area is 91.9 Å². The van der Waals surface area contributed by atoms with E-state index in [9.17, 15) is 5.11 Å². The van der Waals surface area contributed by atoms with Crippen LogP contribution in [0.4, 0.5) is 0 Å². The second-order valence-corrected chi connectivity index (χ2v) is 6.15. The summed E-state index contributed by atoms with van der Waals surface area (Å²) in [5.41, 5.74) is 0. The smallest absolute Gasteiger partial charge is 0.0701 e. The highest BCUT2D eigenvalue weighted by Gasteiger charge is 2.08. The minimum Gasteiger partial charge on any atom is -0.393 e. The molecule has 0 bridgehead atoms. The molecule has 0 amide bonds. The highest BCUT2D eigenvalue weighted by atomic mass is 79.9. The van der Waals surface area contributed by atoms with Gasteiger partial charge in [-0.15, -0.1) is 11.3 Å². The van der Waals surface area contributed by atoms with Crippen molar-refractivity contribution < 1.29 is 5.11 Å². The van der Waals surface area contributed by atoms with Crippen molar-refractivity contribution >= 4 is 27.3 Å². The van der Waals surface area contributed by atoms with Gasteiger partial charge in [0.25, 0.3) is 0 Å². The lowest BCUT2D eigenvalue weighted by Crippen LogP contribution is -2.08. The lowest BCUT2D eigenvalue weighted by molar-refractivity contribution is 0.164. The predicted octanol–water partition coefficient (Wildman–Crippen LogP) is 3.46. The molecule has 0 spiro atoms. The molecule has 1 rings (SSSR count). The molecule has 1 heterocycles. The number of halogens is 1. The fourth-order valence-corrected chi connectivity index (χ4v) is 3.12. The first-order valence-corrected chi connectivity index (χ1v) is 6.11. The SMILES string of the molecule is CC(O)CC(C)Cc1ccc(Br)s1. The van der Waals surface area contributed by atoms with E-state index in [2.05, 4.69) is 35.0 Å². The van der Waals surface area contributed by atoms with Gasteiger partial charge in [0.05, 0.1) is 9.89 Å². The summed E-state index contributed by atoms with van der Waals surface area (Å²) in [6.07, 6.45) is 1.77. The molecule has 0 aliphatic heterocycles. The molecule has 2 unspecified atom stereocenters. The van der Waals surface area contributed by atoms with Gasteiger partial charge in [0.2, 0.25) is 0 Å². The summed E-state index contributed by atoms with van der Waals surface area (Å²) < 4.78 is 1.19. The zero-order valence-corrected chi connectivity index (χ0v) is 10.4. The third-order valence-electron chi connectivity index (χ3n) is 1.92. The predicted molar refractivity (Wildman–Crippen MR) is 61.2 cm³/mol. The summed E-state index contributed by atoms with van der Waals surface area (Å²) in [5, 5.41) is 9.20. The number of aliphatic hydroxyl groups is 1. The van der Waals surface area contributed by atoms with Gasteiger partial charge in [0.1, 0.15) is 0 Å². The topological polar surface area (TPSA) is 20.2 Å². The average molecular weight is 263 g/mol. The van der Waals surface area contributed by atoms with Crippen LogP contribution in [0.1, 0.15) is 25.1 Å². The third-order valence-corrected chi connectivity index (χ3v) is 3.57. The van der Waals surface area contributed by atoms with Crippen LogP contribution in [-0.4, -0.2) is 11.2 Å². The monoisotopic (exact) mass is 262 g/mol. The van der Waals surface area contributed by atoms with Gasteiger partial charge in [-0.25, -0.2) is 0 Å². The van der Waals surface area contributed by atoms with Crippen molar-refractivity contribution in [2.45, 2.75) is 32.8 Å². The number of thiophene rings is 1. The van der Waals surface area contributed by atoms with Gasteiger partial charge in [-0.3, -0.25) is 0 Å². The first-order valence-electron chi connectivity index (χ1n) is 4.50. The van der Waals surface area contributed by atoms with E-state index in [1.165, 1.54) is 8.66 Å². The van der Waals surface area contributed by atoms with Gasteiger partial charge < -0.3 is 5.11 Å². The maximum Gasteiger partial charge on any atom is 0.0701 e. The molecular formula is C10H15BrOS. The van der Waals surface area contributed by atoms with Gasteiger partial charge in [0.15, 0.2) is 0 Å². The van der Waals surface area contributed by atoms with E-state index >= 15 is 0 Å². The molecule has 0 saturated heterocycles. The molecule has 0 saturated carbocycles. The zero-order chi connectivity index (χ0) is 9.84. The molecule has 1 aromatic heterocycles. The van der Waals surface area contributed by atoms with Gasteiger partial charge >= 0.3 is 0 Å². The normalized spacial score (nSPS) is 15.7. The Bertz CT molecular complexity index is 257. The van der Waals surface area contributed by atoms with Crippen LogP contribution < -0.4 is 0 Å². The molecule has 3 heteroatoms. The fraction of sp³-hybridized carbons (Fsp3) is 0.600. The molecule has 0 radical (unpaired) electrons. The van der Waals surface area contributed by atoms with Crippen molar-refractivity contribution in [3.8, 4) is 0 Å². The Hall–Kier alpha value is 0.140. The first-order chi connectivity index (χ1) is 6.08. The lowest BCUT2D eigenvalue weighted by Gasteiger charge is -2.11. The molecule has 2 atom stereocenters. The molecule has 1 N–H and O–H groups in total. The van der Waals surface area contributed by atoms with E-state index in [0.29, 0.717) is 5.92 Å². The molecule has 0 aliphatic carbocycles.